The van der Waals surface area contributed by atoms with Crippen LogP contribution in [0.1, 0.15) is 13.8 Å². The van der Waals surface area contributed by atoms with Crippen molar-refractivity contribution >= 4 is 10.8 Å². The molecular formula is C15H20N2O2. The molecule has 4 heteroatoms. The van der Waals surface area contributed by atoms with Crippen LogP contribution in [-0.4, -0.2) is 28.4 Å². The molecule has 0 aliphatic rings. The highest BCUT2D eigenvalue weighted by Gasteiger charge is 2.08. The first-order valence-electron chi connectivity index (χ1n) is 6.57. The van der Waals surface area contributed by atoms with E-state index in [1.807, 2.05) is 44.2 Å². The number of rotatable bonds is 5. The molecule has 0 saturated heterocycles. The Balaban J connectivity index is 2.17. The van der Waals surface area contributed by atoms with E-state index in [2.05, 4.69) is 5.32 Å². The quantitative estimate of drug-likeness (QED) is 0.853. The van der Waals surface area contributed by atoms with Crippen molar-refractivity contribution in [3.63, 3.8) is 0 Å². The van der Waals surface area contributed by atoms with Crippen molar-refractivity contribution in [2.75, 3.05) is 6.54 Å². The van der Waals surface area contributed by atoms with Crippen molar-refractivity contribution in [1.29, 1.82) is 0 Å². The summed E-state index contributed by atoms with van der Waals surface area (Å²) in [6, 6.07) is 9.71. The van der Waals surface area contributed by atoms with Gasteiger partial charge in [-0.3, -0.25) is 4.79 Å². The average molecular weight is 260 g/mol. The number of pyridine rings is 1. The number of aliphatic hydroxyl groups is 1. The summed E-state index contributed by atoms with van der Waals surface area (Å²) < 4.78 is 1.56. The van der Waals surface area contributed by atoms with E-state index >= 15 is 0 Å². The summed E-state index contributed by atoms with van der Waals surface area (Å²) in [5.74, 6) is 0. The van der Waals surface area contributed by atoms with Crippen molar-refractivity contribution in [2.45, 2.75) is 32.5 Å². The molecule has 0 spiro atoms. The van der Waals surface area contributed by atoms with Crippen LogP contribution in [0.25, 0.3) is 10.8 Å². The molecule has 2 aromatic rings. The van der Waals surface area contributed by atoms with E-state index in [1.165, 1.54) is 0 Å². The molecule has 4 nitrogen and oxygen atoms in total. The van der Waals surface area contributed by atoms with Gasteiger partial charge in [0.1, 0.15) is 0 Å². The number of hydrogen-bond acceptors (Lipinski definition) is 3. The molecule has 2 N–H and O–H groups in total. The van der Waals surface area contributed by atoms with Gasteiger partial charge in [0.15, 0.2) is 0 Å². The Labute approximate surface area is 112 Å². The lowest BCUT2D eigenvalue weighted by Gasteiger charge is -2.15. The Morgan fingerprint density at radius 1 is 1.26 bits per heavy atom. The molecular weight excluding hydrogens is 240 g/mol. The third-order valence-electron chi connectivity index (χ3n) is 3.06. The minimum Gasteiger partial charge on any atom is -0.390 e. The van der Waals surface area contributed by atoms with Crippen molar-refractivity contribution in [3.05, 3.63) is 46.9 Å². The molecule has 2 rings (SSSR count). The first-order valence-corrected chi connectivity index (χ1v) is 6.57. The first-order chi connectivity index (χ1) is 9.08. The van der Waals surface area contributed by atoms with Crippen LogP contribution < -0.4 is 10.9 Å². The molecule has 19 heavy (non-hydrogen) atoms. The van der Waals surface area contributed by atoms with Crippen LogP contribution >= 0.6 is 0 Å². The van der Waals surface area contributed by atoms with Gasteiger partial charge in [-0.1, -0.05) is 32.0 Å². The summed E-state index contributed by atoms with van der Waals surface area (Å²) >= 11 is 0. The summed E-state index contributed by atoms with van der Waals surface area (Å²) in [6.45, 7) is 4.84. The molecule has 0 fully saturated rings. The van der Waals surface area contributed by atoms with Crippen molar-refractivity contribution in [2.24, 2.45) is 0 Å². The third kappa shape index (κ3) is 3.43. The maximum atomic E-state index is 12.2. The molecule has 0 aliphatic carbocycles. The number of benzene rings is 1. The summed E-state index contributed by atoms with van der Waals surface area (Å²) in [5, 5.41) is 14.7. The highest BCUT2D eigenvalue weighted by molar-refractivity contribution is 5.81. The highest BCUT2D eigenvalue weighted by atomic mass is 16.3. The Morgan fingerprint density at radius 3 is 2.74 bits per heavy atom. The maximum absolute atomic E-state index is 12.2. The van der Waals surface area contributed by atoms with Gasteiger partial charge in [-0.25, -0.2) is 0 Å². The van der Waals surface area contributed by atoms with Crippen molar-refractivity contribution in [3.8, 4) is 0 Å². The Kier molecular flexibility index (Phi) is 4.35. The molecule has 1 heterocycles. The van der Waals surface area contributed by atoms with E-state index in [0.29, 0.717) is 24.5 Å². The van der Waals surface area contributed by atoms with Crippen LogP contribution in [0.3, 0.4) is 0 Å². The second-order valence-corrected chi connectivity index (χ2v) is 5.08. The molecule has 1 aromatic heterocycles. The zero-order valence-corrected chi connectivity index (χ0v) is 11.3. The van der Waals surface area contributed by atoms with E-state index < -0.39 is 6.10 Å². The van der Waals surface area contributed by atoms with E-state index in [0.717, 1.165) is 5.39 Å². The largest absolute Gasteiger partial charge is 0.390 e. The minimum absolute atomic E-state index is 0.0540. The van der Waals surface area contributed by atoms with Crippen LogP contribution in [-0.2, 0) is 6.54 Å². The fourth-order valence-electron chi connectivity index (χ4n) is 2.04. The zero-order valence-electron chi connectivity index (χ0n) is 11.3. The van der Waals surface area contributed by atoms with Crippen LogP contribution in [0.4, 0.5) is 0 Å². The van der Waals surface area contributed by atoms with Crippen LogP contribution in [0.2, 0.25) is 0 Å². The van der Waals surface area contributed by atoms with E-state index in [9.17, 15) is 9.90 Å². The molecule has 0 aliphatic heterocycles. The number of hydrogen-bond donors (Lipinski definition) is 2. The van der Waals surface area contributed by atoms with Crippen LogP contribution in [0, 0.1) is 0 Å². The fraction of sp³-hybridized carbons (Fsp3) is 0.400. The number of fused-ring (bicyclic) bond motifs is 1. The molecule has 1 aromatic carbocycles. The number of aromatic nitrogens is 1. The molecule has 0 bridgehead atoms. The normalized spacial score (nSPS) is 13.1. The maximum Gasteiger partial charge on any atom is 0.258 e. The van der Waals surface area contributed by atoms with Crippen LogP contribution in [0.15, 0.2) is 41.3 Å². The fourth-order valence-corrected chi connectivity index (χ4v) is 2.04. The van der Waals surface area contributed by atoms with Gasteiger partial charge in [0.25, 0.3) is 5.56 Å². The van der Waals surface area contributed by atoms with Gasteiger partial charge in [0.2, 0.25) is 0 Å². The van der Waals surface area contributed by atoms with Crippen molar-refractivity contribution in [1.82, 2.24) is 9.88 Å². The second-order valence-electron chi connectivity index (χ2n) is 5.08. The van der Waals surface area contributed by atoms with Gasteiger partial charge in [-0.2, -0.15) is 0 Å². The lowest BCUT2D eigenvalue weighted by Crippen LogP contribution is -2.36. The predicted octanol–water partition coefficient (Wildman–Crippen LogP) is 1.36. The van der Waals surface area contributed by atoms with Crippen molar-refractivity contribution < 1.29 is 5.11 Å². The SMILES string of the molecule is CC(C)NCC(O)Cn1ccc2ccccc2c1=O. The molecule has 0 saturated carbocycles. The van der Waals surface area contributed by atoms with Gasteiger partial charge >= 0.3 is 0 Å². The molecule has 102 valence electrons. The molecule has 0 radical (unpaired) electrons. The van der Waals surface area contributed by atoms with Gasteiger partial charge in [-0.15, -0.1) is 0 Å². The smallest absolute Gasteiger partial charge is 0.258 e. The molecule has 0 amide bonds. The first kappa shape index (κ1) is 13.8. The Morgan fingerprint density at radius 2 is 2.00 bits per heavy atom. The zero-order chi connectivity index (χ0) is 13.8. The lowest BCUT2D eigenvalue weighted by molar-refractivity contribution is 0.148. The number of nitrogens with one attached hydrogen (secondary N) is 1. The lowest BCUT2D eigenvalue weighted by atomic mass is 10.2. The average Bonchev–Trinajstić information content (AvgIpc) is 2.40. The summed E-state index contributed by atoms with van der Waals surface area (Å²) in [6.07, 6.45) is 1.17. The van der Waals surface area contributed by atoms with Gasteiger partial charge in [0, 0.05) is 24.2 Å². The van der Waals surface area contributed by atoms with E-state index in [-0.39, 0.29) is 5.56 Å². The second kappa shape index (κ2) is 5.99. The van der Waals surface area contributed by atoms with Gasteiger partial charge < -0.3 is 15.0 Å². The summed E-state index contributed by atoms with van der Waals surface area (Å²) in [5.41, 5.74) is -0.0540. The minimum atomic E-state index is -0.568. The van der Waals surface area contributed by atoms with Gasteiger partial charge in [0.05, 0.1) is 12.6 Å². The van der Waals surface area contributed by atoms with Crippen LogP contribution in [0.5, 0.6) is 0 Å². The molecule has 1 atom stereocenters. The van der Waals surface area contributed by atoms with Gasteiger partial charge in [-0.05, 0) is 17.5 Å². The summed E-state index contributed by atoms with van der Waals surface area (Å²) in [7, 11) is 0. The predicted molar refractivity (Wildman–Crippen MR) is 77.4 cm³/mol. The van der Waals surface area contributed by atoms with E-state index in [1.54, 1.807) is 10.8 Å². The Hall–Kier alpha value is -1.65. The standard InChI is InChI=1S/C15H20N2O2/c1-11(2)16-9-13(18)10-17-8-7-12-5-3-4-6-14(12)15(17)19/h3-8,11,13,16,18H,9-10H2,1-2H3. The number of aliphatic hydroxyl groups excluding tert-OH is 1. The van der Waals surface area contributed by atoms with E-state index in [4.69, 9.17) is 0 Å². The monoisotopic (exact) mass is 260 g/mol. The summed E-state index contributed by atoms with van der Waals surface area (Å²) in [4.78, 5) is 12.2. The number of nitrogens with zero attached hydrogens (tertiary/aromatic N) is 1. The topological polar surface area (TPSA) is 54.3 Å². The molecule has 1 unspecified atom stereocenters. The third-order valence-corrected chi connectivity index (χ3v) is 3.06. The Bertz CT molecular complexity index is 604. The highest BCUT2D eigenvalue weighted by Crippen LogP contribution is 2.08.